The van der Waals surface area contributed by atoms with E-state index in [4.69, 9.17) is 4.74 Å². The molecule has 1 aliphatic rings. The van der Waals surface area contributed by atoms with Gasteiger partial charge in [-0.2, -0.15) is 0 Å². The van der Waals surface area contributed by atoms with E-state index in [0.29, 0.717) is 45.2 Å². The molecule has 0 unspecified atom stereocenters. The van der Waals surface area contributed by atoms with E-state index in [2.05, 4.69) is 21.3 Å². The Labute approximate surface area is 176 Å². The molecule has 4 amide bonds. The highest BCUT2D eigenvalue weighted by Crippen LogP contribution is 2.08. The maximum atomic E-state index is 12.2. The molecule has 10 heteroatoms. The molecule has 0 aliphatic carbocycles. The molecule has 1 fully saturated rings. The second-order valence-corrected chi connectivity index (χ2v) is 7.26. The van der Waals surface area contributed by atoms with Crippen LogP contribution in [0, 0.1) is 0 Å². The minimum atomic E-state index is -0.623. The van der Waals surface area contributed by atoms with Gasteiger partial charge in [0, 0.05) is 39.4 Å². The first-order valence-corrected chi connectivity index (χ1v) is 10.1. The van der Waals surface area contributed by atoms with E-state index < -0.39 is 12.1 Å². The number of nitrogens with one attached hydrogen (secondary N) is 4. The van der Waals surface area contributed by atoms with Crippen LogP contribution >= 0.6 is 0 Å². The minimum absolute atomic E-state index is 0.132. The third-order valence-electron chi connectivity index (χ3n) is 4.46. The van der Waals surface area contributed by atoms with Gasteiger partial charge in [0.25, 0.3) is 0 Å². The van der Waals surface area contributed by atoms with Crippen LogP contribution in [0.15, 0.2) is 11.6 Å². The molecule has 0 bridgehead atoms. The summed E-state index contributed by atoms with van der Waals surface area (Å²) in [5.41, 5.74) is 0.789. The predicted molar refractivity (Wildman–Crippen MR) is 109 cm³/mol. The Kier molecular flexibility index (Phi) is 11.2. The first kappa shape index (κ1) is 25.1. The average molecular weight is 424 g/mol. The van der Waals surface area contributed by atoms with E-state index in [1.165, 1.54) is 19.9 Å². The summed E-state index contributed by atoms with van der Waals surface area (Å²) in [4.78, 5) is 57.7. The Bertz CT molecular complexity index is 676. The van der Waals surface area contributed by atoms with Gasteiger partial charge in [-0.3, -0.25) is 24.0 Å². The summed E-state index contributed by atoms with van der Waals surface area (Å²) in [5, 5.41) is 10.8. The van der Waals surface area contributed by atoms with Crippen molar-refractivity contribution < 1.29 is 28.7 Å². The molecule has 0 aromatic carbocycles. The van der Waals surface area contributed by atoms with Crippen LogP contribution < -0.4 is 21.3 Å². The molecule has 1 aliphatic heterocycles. The van der Waals surface area contributed by atoms with Crippen molar-refractivity contribution in [3.05, 3.63) is 11.6 Å². The summed E-state index contributed by atoms with van der Waals surface area (Å²) in [7, 11) is 0. The van der Waals surface area contributed by atoms with Gasteiger partial charge in [0.05, 0.1) is 6.61 Å². The Hall–Kier alpha value is -2.91. The number of amides is 4. The topological polar surface area (TPSA) is 143 Å². The number of carbonyl (C=O) groups excluding carboxylic acids is 5. The molecule has 0 aromatic heterocycles. The molecule has 30 heavy (non-hydrogen) atoms. The molecular formula is C20H32N4O6. The van der Waals surface area contributed by atoms with E-state index in [1.807, 2.05) is 0 Å². The highest BCUT2D eigenvalue weighted by molar-refractivity contribution is 5.96. The fourth-order valence-corrected chi connectivity index (χ4v) is 2.87. The van der Waals surface area contributed by atoms with E-state index >= 15 is 0 Å². The Balaban J connectivity index is 2.25. The maximum absolute atomic E-state index is 12.2. The van der Waals surface area contributed by atoms with Crippen LogP contribution in [0.1, 0.15) is 52.9 Å². The molecule has 0 radical (unpaired) electrons. The zero-order valence-corrected chi connectivity index (χ0v) is 17.8. The summed E-state index contributed by atoms with van der Waals surface area (Å²) in [5.74, 6) is -1.23. The van der Waals surface area contributed by atoms with Gasteiger partial charge in [-0.15, -0.1) is 0 Å². The SMILES string of the molecule is CC(=O)NCCC[C@@H]1NC(=O)[C@H](CCCNC(=O)/C=C(/C)CCOC(C)=O)NC1=O. The smallest absolute Gasteiger partial charge is 0.302 e. The minimum Gasteiger partial charge on any atom is -0.466 e. The van der Waals surface area contributed by atoms with Crippen LogP contribution in [0.25, 0.3) is 0 Å². The van der Waals surface area contributed by atoms with Crippen molar-refractivity contribution >= 4 is 29.6 Å². The molecule has 0 saturated carbocycles. The van der Waals surface area contributed by atoms with Crippen LogP contribution in [0.4, 0.5) is 0 Å². The lowest BCUT2D eigenvalue weighted by Gasteiger charge is -2.29. The molecular weight excluding hydrogens is 392 g/mol. The first-order chi connectivity index (χ1) is 14.2. The molecule has 0 aromatic rings. The van der Waals surface area contributed by atoms with Crippen molar-refractivity contribution in [3.63, 3.8) is 0 Å². The number of hydrogen-bond donors (Lipinski definition) is 4. The molecule has 2 atom stereocenters. The van der Waals surface area contributed by atoms with E-state index in [9.17, 15) is 24.0 Å². The summed E-state index contributed by atoms with van der Waals surface area (Å²) in [6, 6.07) is -1.22. The second kappa shape index (κ2) is 13.3. The summed E-state index contributed by atoms with van der Waals surface area (Å²) in [6.45, 7) is 5.58. The molecule has 0 spiro atoms. The lowest BCUT2D eigenvalue weighted by Crippen LogP contribution is -2.61. The van der Waals surface area contributed by atoms with Crippen molar-refractivity contribution in [2.24, 2.45) is 0 Å². The number of ether oxygens (including phenoxy) is 1. The largest absolute Gasteiger partial charge is 0.466 e. The first-order valence-electron chi connectivity index (χ1n) is 10.1. The number of esters is 1. The van der Waals surface area contributed by atoms with Gasteiger partial charge in [0.1, 0.15) is 12.1 Å². The maximum Gasteiger partial charge on any atom is 0.302 e. The van der Waals surface area contributed by atoms with Gasteiger partial charge >= 0.3 is 5.97 Å². The monoisotopic (exact) mass is 424 g/mol. The van der Waals surface area contributed by atoms with Gasteiger partial charge in [0.2, 0.25) is 23.6 Å². The van der Waals surface area contributed by atoms with Gasteiger partial charge in [-0.1, -0.05) is 5.57 Å². The fraction of sp³-hybridized carbons (Fsp3) is 0.650. The van der Waals surface area contributed by atoms with E-state index in [-0.39, 0.29) is 36.2 Å². The standard InChI is InChI=1S/C20H32N4O6/c1-13(8-11-30-15(3)26)12-18(27)22-10-5-7-17-20(29)23-16(19(28)24-17)6-4-9-21-14(2)25/h12,16-17H,4-11H2,1-3H3,(H,21,25)(H,22,27)(H,23,29)(H,24,28)/b13-12-/t16-,17-/m0/s1. The van der Waals surface area contributed by atoms with Gasteiger partial charge in [-0.25, -0.2) is 0 Å². The molecule has 4 N–H and O–H groups in total. The third kappa shape index (κ3) is 10.6. The third-order valence-corrected chi connectivity index (χ3v) is 4.46. The highest BCUT2D eigenvalue weighted by atomic mass is 16.5. The fourth-order valence-electron chi connectivity index (χ4n) is 2.87. The van der Waals surface area contributed by atoms with Gasteiger partial charge in [0.15, 0.2) is 0 Å². The molecule has 1 heterocycles. The number of piperazine rings is 1. The van der Waals surface area contributed by atoms with Crippen molar-refractivity contribution in [2.75, 3.05) is 19.7 Å². The molecule has 1 saturated heterocycles. The van der Waals surface area contributed by atoms with Crippen LogP contribution in [0.3, 0.4) is 0 Å². The van der Waals surface area contributed by atoms with Crippen molar-refractivity contribution in [3.8, 4) is 0 Å². The van der Waals surface area contributed by atoms with E-state index in [1.54, 1.807) is 6.92 Å². The lowest BCUT2D eigenvalue weighted by molar-refractivity contribution is -0.140. The zero-order chi connectivity index (χ0) is 22.5. The number of hydrogen-bond acceptors (Lipinski definition) is 6. The van der Waals surface area contributed by atoms with Crippen molar-refractivity contribution in [2.45, 2.75) is 65.0 Å². The van der Waals surface area contributed by atoms with E-state index in [0.717, 1.165) is 5.57 Å². The summed E-state index contributed by atoms with van der Waals surface area (Å²) in [6.07, 6.45) is 3.90. The normalized spacial score (nSPS) is 18.8. The quantitative estimate of drug-likeness (QED) is 0.192. The summed E-state index contributed by atoms with van der Waals surface area (Å²) >= 11 is 0. The van der Waals surface area contributed by atoms with Crippen LogP contribution in [0.2, 0.25) is 0 Å². The highest BCUT2D eigenvalue weighted by Gasteiger charge is 2.32. The van der Waals surface area contributed by atoms with Gasteiger partial charge < -0.3 is 26.0 Å². The van der Waals surface area contributed by atoms with Crippen LogP contribution in [-0.4, -0.2) is 61.4 Å². The van der Waals surface area contributed by atoms with Crippen molar-refractivity contribution in [1.82, 2.24) is 21.3 Å². The second-order valence-electron chi connectivity index (χ2n) is 7.26. The summed E-state index contributed by atoms with van der Waals surface area (Å²) < 4.78 is 4.82. The molecule has 1 rings (SSSR count). The van der Waals surface area contributed by atoms with Crippen LogP contribution in [0.5, 0.6) is 0 Å². The number of carbonyl (C=O) groups is 5. The Morgan fingerprint density at radius 3 is 1.97 bits per heavy atom. The van der Waals surface area contributed by atoms with Gasteiger partial charge in [-0.05, 0) is 32.6 Å². The average Bonchev–Trinajstić information content (AvgIpc) is 2.64. The van der Waals surface area contributed by atoms with Crippen molar-refractivity contribution in [1.29, 1.82) is 0 Å². The molecule has 168 valence electrons. The molecule has 10 nitrogen and oxygen atoms in total. The zero-order valence-electron chi connectivity index (χ0n) is 17.8. The Morgan fingerprint density at radius 1 is 0.933 bits per heavy atom. The number of rotatable bonds is 12. The Morgan fingerprint density at radius 2 is 1.47 bits per heavy atom. The van der Waals surface area contributed by atoms with Crippen LogP contribution in [-0.2, 0) is 28.7 Å². The lowest BCUT2D eigenvalue weighted by atomic mass is 10.0. The predicted octanol–water partition coefficient (Wildman–Crippen LogP) is -0.318.